The van der Waals surface area contributed by atoms with Crippen molar-refractivity contribution in [2.45, 2.75) is 0 Å². The lowest BCUT2D eigenvalue weighted by molar-refractivity contribution is 0.0959. The average Bonchev–Trinajstić information content (AvgIpc) is 3.20. The topological polar surface area (TPSA) is 82.7 Å². The lowest BCUT2D eigenvalue weighted by Gasteiger charge is -2.06. The maximum atomic E-state index is 11.7. The zero-order chi connectivity index (χ0) is 15.8. The number of fused-ring (bicyclic) bond motifs is 2. The number of rotatable bonds is 3. The highest BCUT2D eigenvalue weighted by atomic mass is 32.1. The van der Waals surface area contributed by atoms with Crippen LogP contribution in [0.5, 0.6) is 0 Å². The first-order valence-corrected chi connectivity index (χ1v) is 7.92. The molecule has 0 bridgehead atoms. The molecule has 3 N–H and O–H groups in total. The molecule has 0 aliphatic carbocycles. The molecule has 114 valence electrons. The summed E-state index contributed by atoms with van der Waals surface area (Å²) in [5, 5.41) is 8.89. The Morgan fingerprint density at radius 1 is 1.22 bits per heavy atom. The Bertz CT molecular complexity index is 1020. The van der Waals surface area contributed by atoms with Crippen LogP contribution in [0.3, 0.4) is 0 Å². The van der Waals surface area contributed by atoms with Gasteiger partial charge < -0.3 is 15.6 Å². The van der Waals surface area contributed by atoms with E-state index in [-0.39, 0.29) is 5.91 Å². The SMILES string of the molecule is CNC(=O)c1cc2cc(Nc3ncnc4ccsc34)ccc2[nH]1. The number of benzene rings is 1. The number of thiophene rings is 1. The van der Waals surface area contributed by atoms with Crippen molar-refractivity contribution in [2.24, 2.45) is 0 Å². The molecule has 7 heteroatoms. The number of hydrogen-bond acceptors (Lipinski definition) is 5. The van der Waals surface area contributed by atoms with Crippen molar-refractivity contribution in [2.75, 3.05) is 12.4 Å². The van der Waals surface area contributed by atoms with Crippen LogP contribution in [0, 0.1) is 0 Å². The van der Waals surface area contributed by atoms with Crippen LogP contribution in [0.4, 0.5) is 11.5 Å². The van der Waals surface area contributed by atoms with Gasteiger partial charge in [-0.25, -0.2) is 9.97 Å². The van der Waals surface area contributed by atoms with Crippen LogP contribution in [0.25, 0.3) is 21.1 Å². The quantitative estimate of drug-likeness (QED) is 0.540. The van der Waals surface area contributed by atoms with Crippen LogP contribution in [-0.2, 0) is 0 Å². The largest absolute Gasteiger partial charge is 0.354 e. The lowest BCUT2D eigenvalue weighted by atomic mass is 10.2. The Morgan fingerprint density at radius 2 is 2.13 bits per heavy atom. The average molecular weight is 323 g/mol. The van der Waals surface area contributed by atoms with Crippen molar-refractivity contribution in [1.29, 1.82) is 0 Å². The highest BCUT2D eigenvalue weighted by Crippen LogP contribution is 2.28. The summed E-state index contributed by atoms with van der Waals surface area (Å²) in [7, 11) is 1.61. The van der Waals surface area contributed by atoms with E-state index in [2.05, 4.69) is 25.6 Å². The van der Waals surface area contributed by atoms with E-state index < -0.39 is 0 Å². The summed E-state index contributed by atoms with van der Waals surface area (Å²) in [5.74, 6) is 0.651. The molecule has 0 spiro atoms. The molecule has 6 nitrogen and oxygen atoms in total. The van der Waals surface area contributed by atoms with Gasteiger partial charge in [-0.1, -0.05) is 0 Å². The predicted molar refractivity (Wildman–Crippen MR) is 92.4 cm³/mol. The minimum Gasteiger partial charge on any atom is -0.354 e. The molecule has 23 heavy (non-hydrogen) atoms. The fourth-order valence-electron chi connectivity index (χ4n) is 2.48. The molecule has 0 saturated heterocycles. The third-order valence-electron chi connectivity index (χ3n) is 3.60. The molecule has 0 radical (unpaired) electrons. The highest BCUT2D eigenvalue weighted by Gasteiger charge is 2.09. The monoisotopic (exact) mass is 323 g/mol. The first kappa shape index (κ1) is 13.7. The van der Waals surface area contributed by atoms with Crippen LogP contribution in [0.2, 0.25) is 0 Å². The lowest BCUT2D eigenvalue weighted by Crippen LogP contribution is -2.17. The Kier molecular flexibility index (Phi) is 3.20. The summed E-state index contributed by atoms with van der Waals surface area (Å²) in [6.07, 6.45) is 1.55. The minimum absolute atomic E-state index is 0.133. The van der Waals surface area contributed by atoms with Crippen LogP contribution in [0.15, 0.2) is 42.0 Å². The van der Waals surface area contributed by atoms with E-state index in [1.165, 1.54) is 0 Å². The van der Waals surface area contributed by atoms with Crippen molar-refractivity contribution in [1.82, 2.24) is 20.3 Å². The molecule has 1 amide bonds. The van der Waals surface area contributed by atoms with Crippen molar-refractivity contribution in [3.8, 4) is 0 Å². The first-order chi connectivity index (χ1) is 11.2. The van der Waals surface area contributed by atoms with E-state index in [0.717, 1.165) is 32.6 Å². The molecule has 0 saturated carbocycles. The second kappa shape index (κ2) is 5.36. The molecular formula is C16H13N5OS. The number of H-pyrrole nitrogens is 1. The van der Waals surface area contributed by atoms with E-state index in [1.807, 2.05) is 35.7 Å². The summed E-state index contributed by atoms with van der Waals surface area (Å²) < 4.78 is 1.02. The van der Waals surface area contributed by atoms with Crippen molar-refractivity contribution in [3.63, 3.8) is 0 Å². The number of amides is 1. The highest BCUT2D eigenvalue weighted by molar-refractivity contribution is 7.17. The maximum absolute atomic E-state index is 11.7. The normalized spacial score (nSPS) is 11.0. The fourth-order valence-corrected chi connectivity index (χ4v) is 3.27. The van der Waals surface area contributed by atoms with Gasteiger partial charge in [-0.3, -0.25) is 4.79 Å². The molecule has 0 fully saturated rings. The number of hydrogen-bond donors (Lipinski definition) is 3. The fraction of sp³-hybridized carbons (Fsp3) is 0.0625. The molecule has 0 aliphatic heterocycles. The first-order valence-electron chi connectivity index (χ1n) is 7.04. The molecule has 4 rings (SSSR count). The summed E-state index contributed by atoms with van der Waals surface area (Å²) in [6, 6.07) is 9.68. The molecular weight excluding hydrogens is 310 g/mol. The summed E-state index contributed by atoms with van der Waals surface area (Å²) in [6.45, 7) is 0. The van der Waals surface area contributed by atoms with E-state index in [1.54, 1.807) is 24.7 Å². The Balaban J connectivity index is 1.72. The summed E-state index contributed by atoms with van der Waals surface area (Å²) in [4.78, 5) is 23.4. The molecule has 3 heterocycles. The van der Waals surface area contributed by atoms with Gasteiger partial charge in [0, 0.05) is 23.6 Å². The Morgan fingerprint density at radius 3 is 3.00 bits per heavy atom. The maximum Gasteiger partial charge on any atom is 0.267 e. The minimum atomic E-state index is -0.133. The van der Waals surface area contributed by atoms with Gasteiger partial charge in [-0.2, -0.15) is 0 Å². The smallest absolute Gasteiger partial charge is 0.267 e. The summed E-state index contributed by atoms with van der Waals surface area (Å²) >= 11 is 1.60. The van der Waals surface area contributed by atoms with Gasteiger partial charge in [0.15, 0.2) is 5.82 Å². The summed E-state index contributed by atoms with van der Waals surface area (Å²) in [5.41, 5.74) is 3.30. The van der Waals surface area contributed by atoms with Gasteiger partial charge in [-0.15, -0.1) is 11.3 Å². The molecule has 4 aromatic rings. The van der Waals surface area contributed by atoms with Crippen LogP contribution in [0.1, 0.15) is 10.5 Å². The van der Waals surface area contributed by atoms with E-state index in [4.69, 9.17) is 0 Å². The van der Waals surface area contributed by atoms with Crippen LogP contribution in [-0.4, -0.2) is 27.9 Å². The second-order valence-corrected chi connectivity index (χ2v) is 5.96. The predicted octanol–water partition coefficient (Wildman–Crippen LogP) is 3.28. The molecule has 0 aliphatic rings. The van der Waals surface area contributed by atoms with Crippen LogP contribution >= 0.6 is 11.3 Å². The standard InChI is InChI=1S/C16H13N5OS/c1-17-16(22)13-7-9-6-10(2-3-11(9)21-13)20-15-14-12(4-5-23-14)18-8-19-15/h2-8,21H,1H3,(H,17,22)(H,18,19,20). The molecule has 1 aromatic carbocycles. The van der Waals surface area contributed by atoms with Crippen molar-refractivity contribution < 1.29 is 4.79 Å². The second-order valence-electron chi connectivity index (χ2n) is 5.05. The number of aromatic nitrogens is 3. The molecule has 0 atom stereocenters. The van der Waals surface area contributed by atoms with Crippen molar-refractivity contribution in [3.05, 3.63) is 47.7 Å². The Labute approximate surface area is 135 Å². The number of carbonyl (C=O) groups excluding carboxylic acids is 1. The zero-order valence-corrected chi connectivity index (χ0v) is 13.1. The third kappa shape index (κ3) is 2.40. The van der Waals surface area contributed by atoms with Crippen LogP contribution < -0.4 is 10.6 Å². The molecule has 3 aromatic heterocycles. The van der Waals surface area contributed by atoms with Gasteiger partial charge in [0.05, 0.1) is 10.2 Å². The molecule has 0 unspecified atom stereocenters. The third-order valence-corrected chi connectivity index (χ3v) is 4.51. The van der Waals surface area contributed by atoms with Gasteiger partial charge >= 0.3 is 0 Å². The van der Waals surface area contributed by atoms with Gasteiger partial charge in [0.1, 0.15) is 12.0 Å². The van der Waals surface area contributed by atoms with Gasteiger partial charge in [0.2, 0.25) is 0 Å². The number of aromatic amines is 1. The van der Waals surface area contributed by atoms with E-state index in [0.29, 0.717) is 5.69 Å². The van der Waals surface area contributed by atoms with Crippen molar-refractivity contribution >= 4 is 49.9 Å². The zero-order valence-electron chi connectivity index (χ0n) is 12.3. The number of nitrogens with one attached hydrogen (secondary N) is 3. The number of nitrogens with zero attached hydrogens (tertiary/aromatic N) is 2. The van der Waals surface area contributed by atoms with E-state index in [9.17, 15) is 4.79 Å². The van der Waals surface area contributed by atoms with Gasteiger partial charge in [-0.05, 0) is 35.7 Å². The number of carbonyl (C=O) groups is 1. The van der Waals surface area contributed by atoms with E-state index >= 15 is 0 Å². The van der Waals surface area contributed by atoms with Gasteiger partial charge in [0.25, 0.3) is 5.91 Å². The Hall–Kier alpha value is -2.93. The number of anilines is 2.